The van der Waals surface area contributed by atoms with Gasteiger partial charge in [0.1, 0.15) is 0 Å². The number of rotatable bonds is 47. The fraction of sp³-hybridized carbons (Fsp3) is 0.604. The average molecular weight is 1740 g/mol. The molecule has 6 aromatic rings. The van der Waals surface area contributed by atoms with Crippen molar-refractivity contribution >= 4 is 82.4 Å². The van der Waals surface area contributed by atoms with Gasteiger partial charge in [-0.25, -0.2) is 0 Å². The van der Waals surface area contributed by atoms with Gasteiger partial charge in [-0.05, 0) is 171 Å². The van der Waals surface area contributed by atoms with Crippen molar-refractivity contribution in [2.75, 3.05) is 140 Å². The minimum atomic E-state index is 0.215. The molecule has 6 atom stereocenters. The van der Waals surface area contributed by atoms with Crippen LogP contribution in [0.3, 0.4) is 0 Å². The molecule has 0 aromatic heterocycles. The molecule has 0 bridgehead atoms. The van der Waals surface area contributed by atoms with E-state index in [1.165, 1.54) is 68.3 Å². The lowest BCUT2D eigenvalue weighted by Crippen LogP contribution is -2.49. The van der Waals surface area contributed by atoms with Crippen LogP contribution in [0, 0.1) is 0 Å². The Labute approximate surface area is 742 Å². The van der Waals surface area contributed by atoms with Crippen molar-refractivity contribution in [3.05, 3.63) is 182 Å². The van der Waals surface area contributed by atoms with Crippen LogP contribution in [-0.2, 0) is 9.59 Å². The Bertz CT molecular complexity index is 3320. The van der Waals surface area contributed by atoms with Gasteiger partial charge in [-0.3, -0.25) is 9.59 Å². The molecule has 0 unspecified atom stereocenters. The van der Waals surface area contributed by atoms with Gasteiger partial charge in [0.2, 0.25) is 11.8 Å². The van der Waals surface area contributed by atoms with Crippen molar-refractivity contribution in [1.82, 2.24) is 56.4 Å². The Balaban J connectivity index is 0.000000300. The summed E-state index contributed by atoms with van der Waals surface area (Å²) in [4.78, 5) is 44.1. The molecule has 0 aliphatic carbocycles. The van der Waals surface area contributed by atoms with E-state index in [0.29, 0.717) is 91.8 Å². The maximum Gasteiger partial charge on any atom is 0.224 e. The first kappa shape index (κ1) is 106. The second kappa shape index (κ2) is 67.3. The smallest absolute Gasteiger partial charge is 0.224 e. The summed E-state index contributed by atoms with van der Waals surface area (Å²) in [7, 11) is 4.23. The van der Waals surface area contributed by atoms with E-state index in [9.17, 15) is 9.59 Å². The van der Waals surface area contributed by atoms with Gasteiger partial charge >= 0.3 is 0 Å². The Morgan fingerprint density at radius 1 is 0.305 bits per heavy atom. The highest BCUT2D eigenvalue weighted by Gasteiger charge is 2.25. The highest BCUT2D eigenvalue weighted by molar-refractivity contribution is 8.00. The van der Waals surface area contributed by atoms with E-state index >= 15 is 0 Å². The lowest BCUT2D eigenvalue weighted by molar-refractivity contribution is -0.133. The number of unbranched alkanes of at least 4 members (excludes halogenated alkanes) is 1. The van der Waals surface area contributed by atoms with E-state index in [0.717, 1.165) is 132 Å². The zero-order chi connectivity index (χ0) is 85.8. The Morgan fingerprint density at radius 2 is 0.568 bits per heavy atom. The number of piperazine rings is 2. The van der Waals surface area contributed by atoms with Crippen LogP contribution in [0.1, 0.15) is 160 Å². The molecule has 0 spiro atoms. The van der Waals surface area contributed by atoms with Crippen LogP contribution in [0.2, 0.25) is 0 Å². The van der Waals surface area contributed by atoms with Crippen molar-refractivity contribution in [3.63, 3.8) is 0 Å². The Hall–Kier alpha value is -4.12. The average Bonchev–Trinajstić information content (AvgIpc) is 0.928. The minimum Gasteiger partial charge on any atom is -0.396 e. The minimum absolute atomic E-state index is 0.215. The summed E-state index contributed by atoms with van der Waals surface area (Å²) >= 11 is 11.3. The standard InChI is InChI=1S/C19H31N3OS.C18H29N3OS.C17H28N2S.C15H25NOS.C14H23NOS.C13H21NOS/c1-16(2)20-17(15-24-18-7-5-4-6-8-18)9-10-19(23)22-13-11-21(3)12-14-22;1-15(2)19-16(14-23-17-7-5-4-6-8-17)13-18(22)21-11-9-20(3)10-12-21;1-15(2)18-16(10-13-19-11-6-7-12-19)14-20-17-8-4-3-5-9-17;1-13(2)16-14(8-6-7-11-17)12-18-15-9-4-3-5-10-15;1-12(2)15-13(7-6-10-16)11-17-14-8-4-3-5-9-14;1-11(2)14-12(8-9-15)10-16-13-6-4-3-5-7-13/h4-8,16-17,20H,9-15H2,1-3H3;4-8,15-16,19H,9-14H2,1-3H3;3-5,8-9,15-16,18H,6-7,10-14H2,1-2H3;3-5,9-10,13-14,16-17H,6-8,11-12H2,1-2H3;3-5,8-9,12-13,15-16H,6-7,10-11H2,1-2H3;3-7,11-12,14-15H,8-10H2,1-2H3/t17-;2*16-;14-;13-;12-/m111111/s1. The molecule has 118 heavy (non-hydrogen) atoms. The van der Waals surface area contributed by atoms with E-state index < -0.39 is 0 Å². The van der Waals surface area contributed by atoms with Gasteiger partial charge in [0, 0.05) is 221 Å². The summed E-state index contributed by atoms with van der Waals surface area (Å²) in [6.07, 6.45) is 12.0. The van der Waals surface area contributed by atoms with Crippen LogP contribution >= 0.6 is 70.6 Å². The van der Waals surface area contributed by atoms with Crippen LogP contribution in [0.15, 0.2) is 211 Å². The highest BCUT2D eigenvalue weighted by atomic mass is 32.2. The number of hydrogen-bond donors (Lipinski definition) is 9. The summed E-state index contributed by atoms with van der Waals surface area (Å²) in [5, 5.41) is 48.3. The first-order chi connectivity index (χ1) is 57.0. The van der Waals surface area contributed by atoms with E-state index in [1.54, 1.807) is 0 Å². The van der Waals surface area contributed by atoms with Crippen LogP contribution in [-0.4, -0.2) is 265 Å². The fourth-order valence-corrected chi connectivity index (χ4v) is 19.6. The molecule has 3 heterocycles. The third-order valence-corrected chi connectivity index (χ3v) is 26.6. The number of hydrogen-bond acceptors (Lipinski definition) is 20. The largest absolute Gasteiger partial charge is 0.396 e. The summed E-state index contributed by atoms with van der Waals surface area (Å²) in [6, 6.07) is 68.4. The fourth-order valence-electron chi connectivity index (χ4n) is 13.6. The monoisotopic (exact) mass is 1740 g/mol. The number of nitrogens with zero attached hydrogens (tertiary/aromatic N) is 5. The molecule has 3 saturated heterocycles. The second-order valence-electron chi connectivity index (χ2n) is 32.9. The van der Waals surface area contributed by atoms with Gasteiger partial charge in [0.15, 0.2) is 0 Å². The molecule has 9 N–H and O–H groups in total. The number of benzene rings is 6. The summed E-state index contributed by atoms with van der Waals surface area (Å²) in [6.45, 7) is 38.2. The molecular weight excluding hydrogens is 1580 g/mol. The van der Waals surface area contributed by atoms with Gasteiger partial charge in [-0.15, -0.1) is 70.6 Å². The number of likely N-dealkylation sites (tertiary alicyclic amines) is 1. The van der Waals surface area contributed by atoms with Gasteiger partial charge in [-0.1, -0.05) is 192 Å². The molecule has 0 radical (unpaired) electrons. The van der Waals surface area contributed by atoms with Gasteiger partial charge < -0.3 is 71.7 Å². The molecule has 0 saturated carbocycles. The molecule has 3 aliphatic heterocycles. The Morgan fingerprint density at radius 3 is 0.864 bits per heavy atom. The number of likely N-dealkylation sites (N-methyl/N-ethyl adjacent to an activating group) is 2. The molecule has 9 rings (SSSR count). The van der Waals surface area contributed by atoms with Crippen molar-refractivity contribution in [2.45, 2.75) is 262 Å². The number of carbonyl (C=O) groups is 2. The molecule has 22 heteroatoms. The quantitative estimate of drug-likeness (QED) is 0.0130. The first-order valence-corrected chi connectivity index (χ1v) is 50.0. The third kappa shape index (κ3) is 54.5. The van der Waals surface area contributed by atoms with Gasteiger partial charge in [-0.2, -0.15) is 0 Å². The van der Waals surface area contributed by atoms with E-state index in [2.05, 4.69) is 302 Å². The number of aliphatic hydroxyl groups excluding tert-OH is 3. The SMILES string of the molecule is CC(C)N[C@@H](CSc1ccccc1)CC(=O)N1CCN(C)CC1.CC(C)N[C@H](CCC(=O)N1CCN(C)CC1)CSc1ccccc1.CC(C)N[C@H](CCCCO)CSc1ccccc1.CC(C)N[C@H](CCCO)CSc1ccccc1.CC(C)N[C@H](CCN1CCCC1)CSc1ccccc1.CC(C)N[C@H](CCO)CSc1ccccc1. The summed E-state index contributed by atoms with van der Waals surface area (Å²) < 4.78 is 0. The molecule has 6 aromatic carbocycles. The van der Waals surface area contributed by atoms with Crippen molar-refractivity contribution in [3.8, 4) is 0 Å². The second-order valence-corrected chi connectivity index (χ2v) is 39.5. The third-order valence-electron chi connectivity index (χ3n) is 19.6. The van der Waals surface area contributed by atoms with E-state index in [4.69, 9.17) is 15.3 Å². The topological polar surface area (TPSA) is 183 Å². The lowest BCUT2D eigenvalue weighted by Gasteiger charge is -2.33. The molecule has 2 amide bonds. The van der Waals surface area contributed by atoms with Crippen molar-refractivity contribution < 1.29 is 24.9 Å². The maximum atomic E-state index is 12.6. The molecule has 3 aliphatic rings. The predicted molar refractivity (Wildman–Crippen MR) is 517 cm³/mol. The number of carbonyl (C=O) groups excluding carboxylic acids is 2. The normalized spacial score (nSPS) is 15.5. The van der Waals surface area contributed by atoms with Crippen LogP contribution in [0.25, 0.3) is 0 Å². The Kier molecular flexibility index (Phi) is 60.6. The van der Waals surface area contributed by atoms with Crippen LogP contribution in [0.5, 0.6) is 0 Å². The number of thioether (sulfide) groups is 6. The summed E-state index contributed by atoms with van der Waals surface area (Å²) in [5.41, 5.74) is 0. The summed E-state index contributed by atoms with van der Waals surface area (Å²) in [5.74, 6) is 6.82. The lowest BCUT2D eigenvalue weighted by atomic mass is 10.1. The maximum absolute atomic E-state index is 12.6. The molecular formula is C96H157N11O5S6. The van der Waals surface area contributed by atoms with Gasteiger partial charge in [0.25, 0.3) is 0 Å². The van der Waals surface area contributed by atoms with E-state index in [1.807, 2.05) is 105 Å². The van der Waals surface area contributed by atoms with Crippen LogP contribution < -0.4 is 31.9 Å². The van der Waals surface area contributed by atoms with Crippen molar-refractivity contribution in [1.29, 1.82) is 0 Å². The van der Waals surface area contributed by atoms with Gasteiger partial charge in [0.05, 0.1) is 0 Å². The molecule has 3 fully saturated rings. The highest BCUT2D eigenvalue weighted by Crippen LogP contribution is 2.26. The molecule has 662 valence electrons. The zero-order valence-corrected chi connectivity index (χ0v) is 79.6. The molecule has 16 nitrogen and oxygen atoms in total. The van der Waals surface area contributed by atoms with E-state index in [-0.39, 0.29) is 25.2 Å². The number of amides is 2. The first-order valence-electron chi connectivity index (χ1n) is 44.1. The van der Waals surface area contributed by atoms with Crippen molar-refractivity contribution in [2.24, 2.45) is 0 Å². The van der Waals surface area contributed by atoms with Crippen LogP contribution in [0.4, 0.5) is 0 Å². The number of nitrogens with one attached hydrogen (secondary N) is 6. The predicted octanol–water partition coefficient (Wildman–Crippen LogP) is 17.4. The number of aliphatic hydroxyl groups is 3. The zero-order valence-electron chi connectivity index (χ0n) is 74.7.